The van der Waals surface area contributed by atoms with E-state index in [0.29, 0.717) is 23.6 Å². The number of rotatable bonds is 13. The number of nitrogens with one attached hydrogen (secondary N) is 2. The number of hydrogen-bond acceptors (Lipinski definition) is 8. The molecule has 0 aliphatic heterocycles. The molecule has 0 atom stereocenters. The van der Waals surface area contributed by atoms with E-state index < -0.39 is 23.9 Å². The Hall–Kier alpha value is -3.39. The minimum atomic E-state index is -4.81. The number of aliphatic hydroxyl groups is 1. The first kappa shape index (κ1) is 28.8. The van der Waals surface area contributed by atoms with Crippen LogP contribution in [0.25, 0.3) is 0 Å². The summed E-state index contributed by atoms with van der Waals surface area (Å²) in [7, 11) is 1.62. The number of benzene rings is 1. The second-order valence-electron chi connectivity index (χ2n) is 7.37. The molecular formula is C22H27F3N6O4S. The van der Waals surface area contributed by atoms with E-state index in [9.17, 15) is 22.8 Å². The van der Waals surface area contributed by atoms with E-state index in [1.54, 1.807) is 11.7 Å². The molecule has 1 aromatic heterocycles. The average molecular weight is 529 g/mol. The number of nitrogens with zero attached hydrogens (tertiary/aromatic N) is 4. The SMILES string of the molecule is C=C(NC(=O)Cc1cccc(OC(F)(F)F)c1)SC(CCCCn1cc(C(=O)NCCO)nn1)=NC. The number of alkyl halides is 3. The topological polar surface area (TPSA) is 131 Å². The number of carbonyl (C=O) groups excluding carboxylic acids is 2. The second-order valence-corrected chi connectivity index (χ2v) is 8.53. The average Bonchev–Trinajstić information content (AvgIpc) is 3.27. The van der Waals surface area contributed by atoms with E-state index >= 15 is 0 Å². The van der Waals surface area contributed by atoms with Crippen molar-refractivity contribution in [2.45, 2.75) is 38.6 Å². The van der Waals surface area contributed by atoms with Crippen LogP contribution in [-0.4, -0.2) is 63.5 Å². The van der Waals surface area contributed by atoms with Gasteiger partial charge in [-0.15, -0.1) is 18.3 Å². The Bertz CT molecular complexity index is 1070. The summed E-state index contributed by atoms with van der Waals surface area (Å²) >= 11 is 1.20. The highest BCUT2D eigenvalue weighted by atomic mass is 32.2. The Morgan fingerprint density at radius 1 is 1.31 bits per heavy atom. The molecule has 14 heteroatoms. The summed E-state index contributed by atoms with van der Waals surface area (Å²) in [5.41, 5.74) is 0.528. The zero-order valence-electron chi connectivity index (χ0n) is 19.5. The van der Waals surface area contributed by atoms with Gasteiger partial charge in [-0.1, -0.05) is 35.7 Å². The maximum Gasteiger partial charge on any atom is 0.573 e. The Kier molecular flexibility index (Phi) is 11.4. The predicted octanol–water partition coefficient (Wildman–Crippen LogP) is 2.66. The highest BCUT2D eigenvalue weighted by molar-refractivity contribution is 8.17. The molecule has 1 aromatic carbocycles. The normalized spacial score (nSPS) is 11.8. The fourth-order valence-electron chi connectivity index (χ4n) is 2.94. The van der Waals surface area contributed by atoms with Crippen molar-refractivity contribution in [3.05, 3.63) is 53.3 Å². The smallest absolute Gasteiger partial charge is 0.406 e. The molecule has 0 radical (unpaired) electrons. The molecule has 0 saturated carbocycles. The van der Waals surface area contributed by atoms with E-state index in [1.165, 1.54) is 30.1 Å². The number of thioether (sulfide) groups is 1. The molecule has 36 heavy (non-hydrogen) atoms. The van der Waals surface area contributed by atoms with Crippen molar-refractivity contribution in [3.63, 3.8) is 0 Å². The number of aliphatic imine (C=N–C) groups is 1. The van der Waals surface area contributed by atoms with Gasteiger partial charge < -0.3 is 20.5 Å². The number of aliphatic hydroxyl groups excluding tert-OH is 1. The van der Waals surface area contributed by atoms with Crippen LogP contribution in [0, 0.1) is 0 Å². The minimum absolute atomic E-state index is 0.137. The molecule has 0 aliphatic rings. The summed E-state index contributed by atoms with van der Waals surface area (Å²) in [6, 6.07) is 5.21. The molecule has 0 unspecified atom stereocenters. The Balaban J connectivity index is 1.72. The highest BCUT2D eigenvalue weighted by Gasteiger charge is 2.31. The van der Waals surface area contributed by atoms with Gasteiger partial charge >= 0.3 is 6.36 Å². The zero-order valence-corrected chi connectivity index (χ0v) is 20.4. The molecule has 3 N–H and O–H groups in total. The van der Waals surface area contributed by atoms with Gasteiger partial charge in [0.2, 0.25) is 5.91 Å². The van der Waals surface area contributed by atoms with Crippen LogP contribution in [0.4, 0.5) is 13.2 Å². The van der Waals surface area contributed by atoms with Crippen LogP contribution in [0.15, 0.2) is 47.1 Å². The van der Waals surface area contributed by atoms with Gasteiger partial charge in [0, 0.05) is 20.1 Å². The first-order valence-electron chi connectivity index (χ1n) is 10.9. The molecule has 2 amide bonds. The number of hydrogen-bond donors (Lipinski definition) is 3. The molecular weight excluding hydrogens is 501 g/mol. The van der Waals surface area contributed by atoms with Crippen LogP contribution in [-0.2, 0) is 17.8 Å². The summed E-state index contributed by atoms with van der Waals surface area (Å²) in [5.74, 6) is -1.24. The van der Waals surface area contributed by atoms with Crippen molar-refractivity contribution in [1.82, 2.24) is 25.6 Å². The van der Waals surface area contributed by atoms with Crippen LogP contribution in [0.1, 0.15) is 35.3 Å². The monoisotopic (exact) mass is 528 g/mol. The molecule has 10 nitrogen and oxygen atoms in total. The Labute approximate surface area is 210 Å². The molecule has 196 valence electrons. The van der Waals surface area contributed by atoms with E-state index in [1.807, 2.05) is 0 Å². The van der Waals surface area contributed by atoms with E-state index in [4.69, 9.17) is 5.11 Å². The lowest BCUT2D eigenvalue weighted by atomic mass is 10.1. The van der Waals surface area contributed by atoms with Crippen LogP contribution in [0.2, 0.25) is 0 Å². The summed E-state index contributed by atoms with van der Waals surface area (Å²) in [5, 5.41) is 22.6. The van der Waals surface area contributed by atoms with Crippen molar-refractivity contribution in [2.24, 2.45) is 4.99 Å². The lowest BCUT2D eigenvalue weighted by molar-refractivity contribution is -0.274. The highest BCUT2D eigenvalue weighted by Crippen LogP contribution is 2.24. The maximum atomic E-state index is 12.4. The van der Waals surface area contributed by atoms with Crippen molar-refractivity contribution in [3.8, 4) is 5.75 Å². The van der Waals surface area contributed by atoms with Crippen molar-refractivity contribution in [2.75, 3.05) is 20.2 Å². The van der Waals surface area contributed by atoms with Gasteiger partial charge in [-0.05, 0) is 37.0 Å². The van der Waals surface area contributed by atoms with Gasteiger partial charge in [0.25, 0.3) is 5.91 Å². The molecule has 2 aromatic rings. The lowest BCUT2D eigenvalue weighted by Crippen LogP contribution is -2.26. The van der Waals surface area contributed by atoms with Gasteiger partial charge in [0.1, 0.15) is 5.75 Å². The third-order valence-electron chi connectivity index (χ3n) is 4.46. The zero-order chi connectivity index (χ0) is 26.6. The number of unbranched alkanes of at least 4 members (excludes halogenated alkanes) is 1. The second kappa shape index (κ2) is 14.2. The number of amides is 2. The third-order valence-corrected chi connectivity index (χ3v) is 5.43. The van der Waals surface area contributed by atoms with Gasteiger partial charge in [-0.25, -0.2) is 0 Å². The quantitative estimate of drug-likeness (QED) is 0.207. The first-order valence-corrected chi connectivity index (χ1v) is 11.7. The molecule has 0 fully saturated rings. The number of carbonyl (C=O) groups is 2. The van der Waals surface area contributed by atoms with Gasteiger partial charge in [-0.2, -0.15) is 0 Å². The summed E-state index contributed by atoms with van der Waals surface area (Å²) < 4.78 is 42.5. The molecule has 1 heterocycles. The first-order chi connectivity index (χ1) is 17.1. The predicted molar refractivity (Wildman–Crippen MR) is 128 cm³/mol. The minimum Gasteiger partial charge on any atom is -0.406 e. The van der Waals surface area contributed by atoms with Gasteiger partial charge in [-0.3, -0.25) is 19.3 Å². The molecule has 0 saturated heterocycles. The fourth-order valence-corrected chi connectivity index (χ4v) is 3.72. The van der Waals surface area contributed by atoms with E-state index in [-0.39, 0.29) is 25.3 Å². The van der Waals surface area contributed by atoms with Crippen LogP contribution >= 0.6 is 11.8 Å². The fraction of sp³-hybridized carbons (Fsp3) is 0.409. The molecule has 0 aliphatic carbocycles. The van der Waals surface area contributed by atoms with Crippen molar-refractivity contribution < 1.29 is 32.6 Å². The third kappa shape index (κ3) is 10.9. The van der Waals surface area contributed by atoms with Crippen LogP contribution in [0.5, 0.6) is 5.75 Å². The largest absolute Gasteiger partial charge is 0.573 e. The van der Waals surface area contributed by atoms with Crippen molar-refractivity contribution in [1.29, 1.82) is 0 Å². The number of ether oxygens (including phenoxy) is 1. The summed E-state index contributed by atoms with van der Waals surface area (Å²) in [6.07, 6.45) is -1.33. The van der Waals surface area contributed by atoms with Crippen LogP contribution < -0.4 is 15.4 Å². The van der Waals surface area contributed by atoms with Gasteiger partial charge in [0.15, 0.2) is 5.69 Å². The number of halogens is 3. The Morgan fingerprint density at radius 2 is 2.08 bits per heavy atom. The maximum absolute atomic E-state index is 12.4. The standard InChI is InChI=1S/C22H27F3N6O4S/c1-15(28-19(33)13-16-6-5-7-17(12-16)35-22(23,24)25)36-20(26-2)8-3-4-10-31-14-18(29-30-31)21(34)27-9-11-32/h5-7,12,14,32H,1,3-4,8-11,13H2,2H3,(H,27,34)(H,28,33). The molecule has 0 bridgehead atoms. The van der Waals surface area contributed by atoms with Crippen LogP contribution in [0.3, 0.4) is 0 Å². The number of aryl methyl sites for hydroxylation is 1. The van der Waals surface area contributed by atoms with E-state index in [0.717, 1.165) is 30.0 Å². The molecule has 0 spiro atoms. The van der Waals surface area contributed by atoms with Gasteiger partial charge in [0.05, 0.1) is 29.3 Å². The summed E-state index contributed by atoms with van der Waals surface area (Å²) in [6.45, 7) is 4.32. The summed E-state index contributed by atoms with van der Waals surface area (Å²) in [4.78, 5) is 28.3. The molecule has 2 rings (SSSR count). The van der Waals surface area contributed by atoms with Crippen molar-refractivity contribution >= 4 is 28.6 Å². The van der Waals surface area contributed by atoms with E-state index in [2.05, 4.69) is 37.3 Å². The Morgan fingerprint density at radius 3 is 2.78 bits per heavy atom. The lowest BCUT2D eigenvalue weighted by Gasteiger charge is -2.11. The number of aromatic nitrogens is 3.